The number of anilines is 1. The van der Waals surface area contributed by atoms with Gasteiger partial charge in [-0.1, -0.05) is 29.4 Å². The van der Waals surface area contributed by atoms with Crippen LogP contribution in [0.4, 0.5) is 5.69 Å². The van der Waals surface area contributed by atoms with Gasteiger partial charge in [0.25, 0.3) is 5.91 Å². The van der Waals surface area contributed by atoms with Crippen LogP contribution in [0, 0.1) is 3.57 Å². The quantitative estimate of drug-likeness (QED) is 0.301. The Morgan fingerprint density at radius 3 is 2.71 bits per heavy atom. The van der Waals surface area contributed by atoms with Crippen LogP contribution in [0.3, 0.4) is 0 Å². The van der Waals surface area contributed by atoms with Crippen LogP contribution in [-0.2, 0) is 9.63 Å². The van der Waals surface area contributed by atoms with Gasteiger partial charge in [-0.05, 0) is 59.8 Å². The van der Waals surface area contributed by atoms with E-state index in [4.69, 9.17) is 15.3 Å². The largest absolute Gasteiger partial charge is 0.486 e. The lowest BCUT2D eigenvalue weighted by Crippen LogP contribution is -2.28. The van der Waals surface area contributed by atoms with Crippen molar-refractivity contribution in [2.24, 2.45) is 10.9 Å². The van der Waals surface area contributed by atoms with Crippen molar-refractivity contribution in [1.29, 1.82) is 0 Å². The standard InChI is InChI=1S/C17H18IN3O3/c1-12(17(22)20-14-7-5-6-13(18)10-14)24-21-16(19)11-23-15-8-3-2-4-9-15/h2-10,12H,11H2,1H3,(H2,19,21)(H,20,22). The lowest BCUT2D eigenvalue weighted by molar-refractivity contribution is -0.126. The molecule has 0 aliphatic heterocycles. The van der Waals surface area contributed by atoms with Crippen molar-refractivity contribution < 1.29 is 14.4 Å². The number of amidine groups is 1. The number of rotatable bonds is 7. The molecule has 0 saturated heterocycles. The number of hydrogen-bond donors (Lipinski definition) is 2. The van der Waals surface area contributed by atoms with Gasteiger partial charge in [0, 0.05) is 9.26 Å². The second-order valence-corrected chi connectivity index (χ2v) is 6.18. The number of hydrogen-bond acceptors (Lipinski definition) is 4. The van der Waals surface area contributed by atoms with Crippen molar-refractivity contribution >= 4 is 40.0 Å². The summed E-state index contributed by atoms with van der Waals surface area (Å²) < 4.78 is 6.46. The molecule has 126 valence electrons. The Labute approximate surface area is 154 Å². The van der Waals surface area contributed by atoms with Crippen LogP contribution in [0.2, 0.25) is 0 Å². The average molecular weight is 439 g/mol. The predicted octanol–water partition coefficient (Wildman–Crippen LogP) is 2.99. The highest BCUT2D eigenvalue weighted by Gasteiger charge is 2.14. The average Bonchev–Trinajstić information content (AvgIpc) is 2.58. The highest BCUT2D eigenvalue weighted by atomic mass is 127. The number of nitrogens with zero attached hydrogens (tertiary/aromatic N) is 1. The minimum atomic E-state index is -0.779. The monoisotopic (exact) mass is 439 g/mol. The van der Waals surface area contributed by atoms with Crippen LogP contribution >= 0.6 is 22.6 Å². The molecule has 1 amide bonds. The van der Waals surface area contributed by atoms with E-state index in [1.54, 1.807) is 13.0 Å². The van der Waals surface area contributed by atoms with Gasteiger partial charge in [0.2, 0.25) is 6.10 Å². The zero-order valence-corrected chi connectivity index (χ0v) is 15.3. The summed E-state index contributed by atoms with van der Waals surface area (Å²) in [6.45, 7) is 1.67. The van der Waals surface area contributed by atoms with Gasteiger partial charge in [0.15, 0.2) is 5.84 Å². The third-order valence-corrected chi connectivity index (χ3v) is 3.59. The Morgan fingerprint density at radius 2 is 2.00 bits per heavy atom. The fourth-order valence-corrected chi connectivity index (χ4v) is 2.25. The fraction of sp³-hybridized carbons (Fsp3) is 0.176. The first kappa shape index (κ1) is 18.1. The summed E-state index contributed by atoms with van der Waals surface area (Å²) in [6.07, 6.45) is -0.779. The van der Waals surface area contributed by atoms with E-state index >= 15 is 0 Å². The van der Waals surface area contributed by atoms with Crippen LogP contribution in [-0.4, -0.2) is 24.5 Å². The number of nitrogens with one attached hydrogen (secondary N) is 1. The van der Waals surface area contributed by atoms with Gasteiger partial charge in [0.05, 0.1) is 0 Å². The number of amides is 1. The highest BCUT2D eigenvalue weighted by Crippen LogP contribution is 2.13. The van der Waals surface area contributed by atoms with Crippen molar-refractivity contribution in [2.75, 3.05) is 11.9 Å². The zero-order chi connectivity index (χ0) is 17.4. The molecule has 2 aromatic rings. The molecule has 0 heterocycles. The maximum atomic E-state index is 12.0. The first-order chi connectivity index (χ1) is 11.5. The summed E-state index contributed by atoms with van der Waals surface area (Å²) >= 11 is 2.17. The zero-order valence-electron chi connectivity index (χ0n) is 13.1. The third kappa shape index (κ3) is 6.07. The fourth-order valence-electron chi connectivity index (χ4n) is 1.71. The van der Waals surface area contributed by atoms with Crippen molar-refractivity contribution in [3.8, 4) is 5.75 Å². The van der Waals surface area contributed by atoms with E-state index in [0.717, 1.165) is 3.57 Å². The van der Waals surface area contributed by atoms with E-state index < -0.39 is 6.10 Å². The number of para-hydroxylation sites is 1. The Bertz CT molecular complexity index is 707. The molecule has 7 heteroatoms. The van der Waals surface area contributed by atoms with Crippen LogP contribution < -0.4 is 15.8 Å². The van der Waals surface area contributed by atoms with Gasteiger partial charge in [-0.3, -0.25) is 4.79 Å². The van der Waals surface area contributed by atoms with E-state index in [2.05, 4.69) is 33.1 Å². The summed E-state index contributed by atoms with van der Waals surface area (Å²) in [5, 5.41) is 6.48. The molecular formula is C17H18IN3O3. The number of carbonyl (C=O) groups is 1. The molecule has 0 bridgehead atoms. The molecule has 24 heavy (non-hydrogen) atoms. The number of benzene rings is 2. The molecule has 1 atom stereocenters. The van der Waals surface area contributed by atoms with Gasteiger partial charge < -0.3 is 20.6 Å². The van der Waals surface area contributed by atoms with Gasteiger partial charge in [-0.25, -0.2) is 0 Å². The maximum absolute atomic E-state index is 12.0. The summed E-state index contributed by atoms with van der Waals surface area (Å²) in [6, 6.07) is 16.7. The summed E-state index contributed by atoms with van der Waals surface area (Å²) in [5.74, 6) is 0.519. The molecule has 0 aliphatic carbocycles. The second kappa shape index (κ2) is 9.11. The minimum absolute atomic E-state index is 0.0786. The van der Waals surface area contributed by atoms with Gasteiger partial charge in [-0.2, -0.15) is 0 Å². The molecule has 0 fully saturated rings. The smallest absolute Gasteiger partial charge is 0.267 e. The van der Waals surface area contributed by atoms with E-state index in [-0.39, 0.29) is 18.3 Å². The first-order valence-electron chi connectivity index (χ1n) is 7.27. The minimum Gasteiger partial charge on any atom is -0.486 e. The number of carbonyl (C=O) groups excluding carboxylic acids is 1. The Morgan fingerprint density at radius 1 is 1.25 bits per heavy atom. The Hall–Kier alpha value is -2.29. The number of nitrogens with two attached hydrogens (primary N) is 1. The molecule has 0 aliphatic rings. The van der Waals surface area contributed by atoms with Crippen LogP contribution in [0.5, 0.6) is 5.75 Å². The van der Waals surface area contributed by atoms with Crippen LogP contribution in [0.1, 0.15) is 6.92 Å². The summed E-state index contributed by atoms with van der Waals surface area (Å²) in [4.78, 5) is 17.2. The third-order valence-electron chi connectivity index (χ3n) is 2.92. The van der Waals surface area contributed by atoms with Crippen LogP contribution in [0.25, 0.3) is 0 Å². The normalized spacial score (nSPS) is 12.3. The molecular weight excluding hydrogens is 421 g/mol. The Balaban J connectivity index is 1.80. The van der Waals surface area contributed by atoms with Crippen molar-refractivity contribution in [1.82, 2.24) is 0 Å². The molecule has 2 rings (SSSR count). The molecule has 0 spiro atoms. The molecule has 3 N–H and O–H groups in total. The molecule has 0 saturated carbocycles. The Kier molecular flexibility index (Phi) is 6.86. The van der Waals surface area contributed by atoms with Crippen LogP contribution in [0.15, 0.2) is 59.8 Å². The molecule has 1 unspecified atom stereocenters. The lowest BCUT2D eigenvalue weighted by atomic mass is 10.3. The SMILES string of the molecule is CC(O/N=C(/N)COc1ccccc1)C(=O)Nc1cccc(I)c1. The number of halogens is 1. The number of ether oxygens (including phenoxy) is 1. The van der Waals surface area contributed by atoms with E-state index in [1.807, 2.05) is 48.5 Å². The first-order valence-corrected chi connectivity index (χ1v) is 8.35. The van der Waals surface area contributed by atoms with E-state index in [0.29, 0.717) is 11.4 Å². The molecule has 6 nitrogen and oxygen atoms in total. The maximum Gasteiger partial charge on any atom is 0.267 e. The van der Waals surface area contributed by atoms with Gasteiger partial charge >= 0.3 is 0 Å². The summed E-state index contributed by atoms with van der Waals surface area (Å²) in [7, 11) is 0. The second-order valence-electron chi connectivity index (χ2n) is 4.93. The lowest BCUT2D eigenvalue weighted by Gasteiger charge is -2.11. The van der Waals surface area contributed by atoms with E-state index in [9.17, 15) is 4.79 Å². The molecule has 2 aromatic carbocycles. The van der Waals surface area contributed by atoms with E-state index in [1.165, 1.54) is 0 Å². The van der Waals surface area contributed by atoms with Gasteiger partial charge in [-0.15, -0.1) is 0 Å². The van der Waals surface area contributed by atoms with Crippen molar-refractivity contribution in [2.45, 2.75) is 13.0 Å². The predicted molar refractivity (Wildman–Crippen MR) is 102 cm³/mol. The topological polar surface area (TPSA) is 85.9 Å². The highest BCUT2D eigenvalue weighted by molar-refractivity contribution is 14.1. The molecule has 0 aromatic heterocycles. The summed E-state index contributed by atoms with van der Waals surface area (Å²) in [5.41, 5.74) is 6.41. The van der Waals surface area contributed by atoms with Crippen molar-refractivity contribution in [3.05, 3.63) is 58.2 Å². The number of oxime groups is 1. The van der Waals surface area contributed by atoms with Gasteiger partial charge in [0.1, 0.15) is 12.4 Å². The molecule has 0 radical (unpaired) electrons. The van der Waals surface area contributed by atoms with Crippen molar-refractivity contribution in [3.63, 3.8) is 0 Å².